The molecule has 1 aromatic carbocycles. The topological polar surface area (TPSA) is 105 Å². The summed E-state index contributed by atoms with van der Waals surface area (Å²) in [6, 6.07) is 4.44. The van der Waals surface area contributed by atoms with Crippen LogP contribution in [0.2, 0.25) is 0 Å². The van der Waals surface area contributed by atoms with Gasteiger partial charge in [0, 0.05) is 29.8 Å². The first kappa shape index (κ1) is 33.6. The summed E-state index contributed by atoms with van der Waals surface area (Å²) >= 11 is 0. The van der Waals surface area contributed by atoms with Crippen molar-refractivity contribution in [1.29, 1.82) is 0 Å². The number of hydrogen-bond donors (Lipinski definition) is 2. The van der Waals surface area contributed by atoms with Crippen molar-refractivity contribution in [3.63, 3.8) is 0 Å². The number of ether oxygens (including phenoxy) is 1. The number of piperidine rings is 1. The molecule has 42 heavy (non-hydrogen) atoms. The standard InChI is InChI=1S/C34H53N3O5/c1-2-3-4-5-6-7-8-9-10-11-12-13-14-15-16-17-18-19-25-42-34(41)35-29-22-20-21-27-28(29)26-37(33(27)40)30-23-24-31(38)36-32(30)39/h20-22,30H,2-19,23-26H2,1H3,(H,35,41)(H,36,38,39). The van der Waals surface area contributed by atoms with E-state index in [0.717, 1.165) is 19.3 Å². The molecule has 0 aromatic heterocycles. The van der Waals surface area contributed by atoms with Gasteiger partial charge in [0.15, 0.2) is 0 Å². The highest BCUT2D eigenvalue weighted by Gasteiger charge is 2.40. The fourth-order valence-electron chi connectivity index (χ4n) is 6.02. The second kappa shape index (κ2) is 19.3. The van der Waals surface area contributed by atoms with Crippen molar-refractivity contribution in [3.05, 3.63) is 29.3 Å². The van der Waals surface area contributed by atoms with Gasteiger partial charge in [0.2, 0.25) is 11.8 Å². The molecule has 4 amide bonds. The van der Waals surface area contributed by atoms with Gasteiger partial charge in [-0.25, -0.2) is 4.79 Å². The molecule has 0 radical (unpaired) electrons. The zero-order valence-electron chi connectivity index (χ0n) is 25.9. The molecular formula is C34H53N3O5. The van der Waals surface area contributed by atoms with E-state index in [-0.39, 0.29) is 24.8 Å². The van der Waals surface area contributed by atoms with Crippen LogP contribution in [0.1, 0.15) is 151 Å². The van der Waals surface area contributed by atoms with E-state index in [9.17, 15) is 19.2 Å². The number of hydrogen-bond acceptors (Lipinski definition) is 5. The lowest BCUT2D eigenvalue weighted by Gasteiger charge is -2.29. The van der Waals surface area contributed by atoms with Crippen LogP contribution in [0.4, 0.5) is 10.5 Å². The molecule has 1 saturated heterocycles. The molecular weight excluding hydrogens is 530 g/mol. The van der Waals surface area contributed by atoms with Gasteiger partial charge in [-0.3, -0.25) is 25.0 Å². The van der Waals surface area contributed by atoms with Gasteiger partial charge >= 0.3 is 6.09 Å². The number of carbonyl (C=O) groups excluding carboxylic acids is 4. The number of nitrogens with zero attached hydrogens (tertiary/aromatic N) is 1. The summed E-state index contributed by atoms with van der Waals surface area (Å²) in [7, 11) is 0. The maximum atomic E-state index is 12.9. The van der Waals surface area contributed by atoms with Crippen LogP contribution in [0.25, 0.3) is 0 Å². The maximum Gasteiger partial charge on any atom is 0.411 e. The lowest BCUT2D eigenvalue weighted by atomic mass is 10.0. The number of unbranched alkanes of at least 4 members (excludes halogenated alkanes) is 17. The molecule has 1 atom stereocenters. The summed E-state index contributed by atoms with van der Waals surface area (Å²) in [6.45, 7) is 2.84. The molecule has 0 bridgehead atoms. The van der Waals surface area contributed by atoms with E-state index in [1.807, 2.05) is 0 Å². The summed E-state index contributed by atoms with van der Waals surface area (Å²) in [5.74, 6) is -1.04. The number of imide groups is 1. The van der Waals surface area contributed by atoms with Crippen LogP contribution in [0.5, 0.6) is 0 Å². The first-order valence-corrected chi connectivity index (χ1v) is 16.7. The van der Waals surface area contributed by atoms with Gasteiger partial charge < -0.3 is 9.64 Å². The lowest BCUT2D eigenvalue weighted by molar-refractivity contribution is -0.136. The van der Waals surface area contributed by atoms with Crippen molar-refractivity contribution in [1.82, 2.24) is 10.2 Å². The monoisotopic (exact) mass is 583 g/mol. The fourth-order valence-corrected chi connectivity index (χ4v) is 6.02. The Balaban J connectivity index is 1.18. The third-order valence-electron chi connectivity index (χ3n) is 8.55. The van der Waals surface area contributed by atoms with E-state index in [0.29, 0.717) is 29.8 Å². The van der Waals surface area contributed by atoms with Gasteiger partial charge in [-0.15, -0.1) is 0 Å². The highest BCUT2D eigenvalue weighted by atomic mass is 16.5. The van der Waals surface area contributed by atoms with Crippen molar-refractivity contribution in [2.24, 2.45) is 0 Å². The van der Waals surface area contributed by atoms with Crippen LogP contribution in [0.15, 0.2) is 18.2 Å². The van der Waals surface area contributed by atoms with Crippen molar-refractivity contribution in [3.8, 4) is 0 Å². The number of fused-ring (bicyclic) bond motifs is 1. The third-order valence-corrected chi connectivity index (χ3v) is 8.55. The number of rotatable bonds is 21. The van der Waals surface area contributed by atoms with Gasteiger partial charge in [-0.1, -0.05) is 122 Å². The molecule has 2 N–H and O–H groups in total. The van der Waals surface area contributed by atoms with Crippen LogP contribution >= 0.6 is 0 Å². The van der Waals surface area contributed by atoms with Crippen molar-refractivity contribution in [2.75, 3.05) is 11.9 Å². The number of benzene rings is 1. The number of nitrogens with one attached hydrogen (secondary N) is 2. The highest BCUT2D eigenvalue weighted by Crippen LogP contribution is 2.32. The molecule has 8 nitrogen and oxygen atoms in total. The van der Waals surface area contributed by atoms with E-state index in [4.69, 9.17) is 4.74 Å². The summed E-state index contributed by atoms with van der Waals surface area (Å²) < 4.78 is 5.38. The van der Waals surface area contributed by atoms with Crippen LogP contribution in [0, 0.1) is 0 Å². The summed E-state index contributed by atoms with van der Waals surface area (Å²) in [5, 5.41) is 5.07. The minimum atomic E-state index is -0.688. The Labute approximate surface area is 252 Å². The SMILES string of the molecule is CCCCCCCCCCCCCCCCCCCCOC(=O)Nc1cccc2c1CN(C1CCC(=O)NC1=O)C2=O. The van der Waals surface area contributed by atoms with E-state index >= 15 is 0 Å². The molecule has 1 unspecified atom stereocenters. The second-order valence-corrected chi connectivity index (χ2v) is 12.0. The molecule has 0 aliphatic carbocycles. The first-order chi connectivity index (χ1) is 20.5. The maximum absolute atomic E-state index is 12.9. The molecule has 1 fully saturated rings. The normalized spacial score (nSPS) is 16.5. The molecule has 2 heterocycles. The lowest BCUT2D eigenvalue weighted by Crippen LogP contribution is -2.52. The quantitative estimate of drug-likeness (QED) is 0.113. The first-order valence-electron chi connectivity index (χ1n) is 16.7. The molecule has 3 rings (SSSR count). The van der Waals surface area contributed by atoms with Crippen molar-refractivity contribution < 1.29 is 23.9 Å². The Kier molecular flexibility index (Phi) is 15.5. The summed E-state index contributed by atoms with van der Waals surface area (Å²) in [5.41, 5.74) is 1.64. The number of anilines is 1. The van der Waals surface area contributed by atoms with Gasteiger partial charge in [0.1, 0.15) is 6.04 Å². The number of carbonyl (C=O) groups is 4. The van der Waals surface area contributed by atoms with Crippen molar-refractivity contribution >= 4 is 29.5 Å². The van der Waals surface area contributed by atoms with Gasteiger partial charge in [0.25, 0.3) is 5.91 Å². The Bertz CT molecular complexity index is 1010. The second-order valence-electron chi connectivity index (χ2n) is 12.0. The van der Waals surface area contributed by atoms with Gasteiger partial charge in [-0.2, -0.15) is 0 Å². The Morgan fingerprint density at radius 2 is 1.38 bits per heavy atom. The molecule has 234 valence electrons. The van der Waals surface area contributed by atoms with Crippen LogP contribution in [-0.4, -0.2) is 41.4 Å². The largest absolute Gasteiger partial charge is 0.449 e. The summed E-state index contributed by atoms with van der Waals surface area (Å²) in [4.78, 5) is 50.6. The molecule has 2 aliphatic heterocycles. The zero-order valence-corrected chi connectivity index (χ0v) is 25.9. The Hall–Kier alpha value is -2.90. The van der Waals surface area contributed by atoms with E-state index in [1.54, 1.807) is 18.2 Å². The van der Waals surface area contributed by atoms with Gasteiger partial charge in [0.05, 0.1) is 6.61 Å². The molecule has 2 aliphatic rings. The van der Waals surface area contributed by atoms with E-state index in [1.165, 1.54) is 101 Å². The third kappa shape index (κ3) is 11.4. The minimum absolute atomic E-state index is 0.202. The van der Waals surface area contributed by atoms with Crippen molar-refractivity contribution in [2.45, 2.75) is 148 Å². The molecule has 0 spiro atoms. The predicted octanol–water partition coefficient (Wildman–Crippen LogP) is 8.04. The predicted molar refractivity (Wildman–Crippen MR) is 166 cm³/mol. The fraction of sp³-hybridized carbons (Fsp3) is 0.706. The average Bonchev–Trinajstić information content (AvgIpc) is 3.31. The van der Waals surface area contributed by atoms with Crippen LogP contribution in [0.3, 0.4) is 0 Å². The van der Waals surface area contributed by atoms with Gasteiger partial charge in [-0.05, 0) is 25.0 Å². The molecule has 1 aromatic rings. The highest BCUT2D eigenvalue weighted by molar-refractivity contribution is 6.06. The van der Waals surface area contributed by atoms with Crippen LogP contribution in [-0.2, 0) is 20.9 Å². The Morgan fingerprint density at radius 3 is 1.93 bits per heavy atom. The zero-order chi connectivity index (χ0) is 30.0. The Morgan fingerprint density at radius 1 is 0.833 bits per heavy atom. The van der Waals surface area contributed by atoms with E-state index < -0.39 is 18.0 Å². The van der Waals surface area contributed by atoms with Crippen LogP contribution < -0.4 is 10.6 Å². The smallest absolute Gasteiger partial charge is 0.411 e. The van der Waals surface area contributed by atoms with E-state index in [2.05, 4.69) is 17.6 Å². The average molecular weight is 584 g/mol. The molecule has 8 heteroatoms. The number of amides is 4. The molecule has 0 saturated carbocycles. The summed E-state index contributed by atoms with van der Waals surface area (Å²) in [6.07, 6.45) is 23.6. The minimum Gasteiger partial charge on any atom is -0.449 e.